The Hall–Kier alpha value is -3.31. The average Bonchev–Trinajstić information content (AvgIpc) is 2.69. The van der Waals surface area contributed by atoms with Crippen LogP contribution in [0.5, 0.6) is 0 Å². The van der Waals surface area contributed by atoms with E-state index in [1.807, 2.05) is 30.3 Å². The summed E-state index contributed by atoms with van der Waals surface area (Å²) in [5, 5.41) is 8.84. The number of nitrogens with one attached hydrogen (secondary N) is 3. The highest BCUT2D eigenvalue weighted by molar-refractivity contribution is 6.30. The maximum atomic E-state index is 12.1. The van der Waals surface area contributed by atoms with Crippen LogP contribution in [0, 0.1) is 0 Å². The molecule has 0 atom stereocenters. The largest absolute Gasteiger partial charge is 0.326 e. The molecular weight excluding hydrogens is 374 g/mol. The molecule has 28 heavy (non-hydrogen) atoms. The molecule has 0 saturated carbocycles. The molecule has 6 heteroatoms. The first-order valence-electron chi connectivity index (χ1n) is 8.86. The molecule has 3 N–H and O–H groups in total. The summed E-state index contributed by atoms with van der Waals surface area (Å²) in [6.45, 7) is 0. The van der Waals surface area contributed by atoms with E-state index in [9.17, 15) is 9.59 Å². The third-order valence-electron chi connectivity index (χ3n) is 3.99. The molecule has 0 spiro atoms. The number of amides is 3. The van der Waals surface area contributed by atoms with Gasteiger partial charge >= 0.3 is 6.03 Å². The fraction of sp³-hybridized carbons (Fsp3) is 0.0909. The number of carbonyl (C=O) groups excluding carboxylic acids is 2. The van der Waals surface area contributed by atoms with E-state index in [2.05, 4.69) is 16.0 Å². The van der Waals surface area contributed by atoms with Gasteiger partial charge in [0.2, 0.25) is 5.91 Å². The topological polar surface area (TPSA) is 70.2 Å². The number of benzene rings is 3. The number of anilines is 3. The van der Waals surface area contributed by atoms with Gasteiger partial charge in [-0.2, -0.15) is 0 Å². The standard InChI is InChI=1S/C22H20ClN3O2/c23-17-7-4-8-20(15-17)26-22(28)25-19-12-10-18(11-13-19)24-21(27)14-9-16-5-2-1-3-6-16/h1-8,10-13,15H,9,14H2,(H,24,27)(H2,25,26,28). The number of urea groups is 1. The van der Waals surface area contributed by atoms with Gasteiger partial charge in [0.25, 0.3) is 0 Å². The first-order valence-corrected chi connectivity index (χ1v) is 9.24. The molecule has 0 saturated heterocycles. The van der Waals surface area contributed by atoms with Crippen molar-refractivity contribution in [1.29, 1.82) is 0 Å². The van der Waals surface area contributed by atoms with Crippen molar-refractivity contribution in [2.45, 2.75) is 12.8 Å². The minimum absolute atomic E-state index is 0.0525. The number of hydrogen-bond donors (Lipinski definition) is 3. The van der Waals surface area contributed by atoms with E-state index in [-0.39, 0.29) is 11.9 Å². The van der Waals surface area contributed by atoms with E-state index in [0.717, 1.165) is 5.56 Å². The molecule has 3 aromatic rings. The molecule has 0 aromatic heterocycles. The van der Waals surface area contributed by atoms with E-state index >= 15 is 0 Å². The van der Waals surface area contributed by atoms with Crippen LogP contribution in [-0.2, 0) is 11.2 Å². The van der Waals surface area contributed by atoms with Crippen LogP contribution in [0.3, 0.4) is 0 Å². The number of halogens is 1. The number of hydrogen-bond acceptors (Lipinski definition) is 2. The number of carbonyl (C=O) groups is 2. The van der Waals surface area contributed by atoms with Crippen LogP contribution in [-0.4, -0.2) is 11.9 Å². The molecule has 0 radical (unpaired) electrons. The molecule has 3 amide bonds. The summed E-state index contributed by atoms with van der Waals surface area (Å²) in [7, 11) is 0. The lowest BCUT2D eigenvalue weighted by Gasteiger charge is -2.09. The Bertz CT molecular complexity index is 944. The van der Waals surface area contributed by atoms with Crippen molar-refractivity contribution in [3.63, 3.8) is 0 Å². The number of aryl methyl sites for hydroxylation is 1. The Labute approximate surface area is 168 Å². The van der Waals surface area contributed by atoms with Crippen molar-refractivity contribution in [2.24, 2.45) is 0 Å². The molecule has 142 valence electrons. The smallest absolute Gasteiger partial charge is 0.323 e. The summed E-state index contributed by atoms with van der Waals surface area (Å²) in [5.74, 6) is -0.0525. The average molecular weight is 394 g/mol. The van der Waals surface area contributed by atoms with Gasteiger partial charge in [-0.05, 0) is 54.4 Å². The van der Waals surface area contributed by atoms with Crippen LogP contribution in [0.25, 0.3) is 0 Å². The first kappa shape index (κ1) is 19.5. The highest BCUT2D eigenvalue weighted by Crippen LogP contribution is 2.17. The minimum atomic E-state index is -0.373. The van der Waals surface area contributed by atoms with Gasteiger partial charge in [0.05, 0.1) is 0 Å². The van der Waals surface area contributed by atoms with Gasteiger partial charge in [-0.1, -0.05) is 48.0 Å². The van der Waals surface area contributed by atoms with E-state index in [4.69, 9.17) is 11.6 Å². The zero-order chi connectivity index (χ0) is 19.8. The van der Waals surface area contributed by atoms with Gasteiger partial charge in [0.15, 0.2) is 0 Å². The molecule has 5 nitrogen and oxygen atoms in total. The lowest BCUT2D eigenvalue weighted by Crippen LogP contribution is -2.19. The van der Waals surface area contributed by atoms with Gasteiger partial charge in [0, 0.05) is 28.5 Å². The maximum absolute atomic E-state index is 12.1. The summed E-state index contributed by atoms with van der Waals surface area (Å²) >= 11 is 5.90. The van der Waals surface area contributed by atoms with Gasteiger partial charge in [-0.15, -0.1) is 0 Å². The van der Waals surface area contributed by atoms with Gasteiger partial charge in [-0.3, -0.25) is 4.79 Å². The van der Waals surface area contributed by atoms with Gasteiger partial charge in [0.1, 0.15) is 0 Å². The van der Waals surface area contributed by atoms with E-state index in [0.29, 0.717) is 34.9 Å². The van der Waals surface area contributed by atoms with Crippen LogP contribution in [0.2, 0.25) is 5.02 Å². The highest BCUT2D eigenvalue weighted by Gasteiger charge is 2.05. The Morgan fingerprint density at radius 2 is 1.36 bits per heavy atom. The Balaban J connectivity index is 1.47. The monoisotopic (exact) mass is 393 g/mol. The lowest BCUT2D eigenvalue weighted by molar-refractivity contribution is -0.116. The summed E-state index contributed by atoms with van der Waals surface area (Å²) in [6.07, 6.45) is 1.10. The minimum Gasteiger partial charge on any atom is -0.326 e. The van der Waals surface area contributed by atoms with Crippen molar-refractivity contribution in [3.8, 4) is 0 Å². The van der Waals surface area contributed by atoms with Crippen molar-refractivity contribution < 1.29 is 9.59 Å². The second-order valence-electron chi connectivity index (χ2n) is 6.20. The molecule has 0 aliphatic heterocycles. The Kier molecular flexibility index (Phi) is 6.65. The van der Waals surface area contributed by atoms with Gasteiger partial charge < -0.3 is 16.0 Å². The van der Waals surface area contributed by atoms with Crippen molar-refractivity contribution in [1.82, 2.24) is 0 Å². The summed E-state index contributed by atoms with van der Waals surface area (Å²) in [4.78, 5) is 24.1. The van der Waals surface area contributed by atoms with Crippen LogP contribution >= 0.6 is 11.6 Å². The summed E-state index contributed by atoms with van der Waals surface area (Å²) < 4.78 is 0. The lowest BCUT2D eigenvalue weighted by atomic mass is 10.1. The Morgan fingerprint density at radius 1 is 0.714 bits per heavy atom. The molecule has 0 heterocycles. The molecule has 0 fully saturated rings. The first-order chi connectivity index (χ1) is 13.6. The molecule has 3 rings (SSSR count). The Morgan fingerprint density at radius 3 is 2.04 bits per heavy atom. The fourth-order valence-corrected chi connectivity index (χ4v) is 2.81. The summed E-state index contributed by atoms with van der Waals surface area (Å²) in [5.41, 5.74) is 3.02. The van der Waals surface area contributed by atoms with Crippen LogP contribution in [0.1, 0.15) is 12.0 Å². The SMILES string of the molecule is O=C(CCc1ccccc1)Nc1ccc(NC(=O)Nc2cccc(Cl)c2)cc1. The van der Waals surface area contributed by atoms with Crippen LogP contribution in [0.15, 0.2) is 78.9 Å². The zero-order valence-electron chi connectivity index (χ0n) is 15.1. The number of rotatable bonds is 6. The third kappa shape index (κ3) is 6.14. The normalized spacial score (nSPS) is 10.2. The third-order valence-corrected chi connectivity index (χ3v) is 4.23. The van der Waals surface area contributed by atoms with E-state index < -0.39 is 0 Å². The van der Waals surface area contributed by atoms with Crippen molar-refractivity contribution >= 4 is 40.6 Å². The van der Waals surface area contributed by atoms with Crippen LogP contribution < -0.4 is 16.0 Å². The second kappa shape index (κ2) is 9.58. The van der Waals surface area contributed by atoms with E-state index in [1.54, 1.807) is 48.5 Å². The van der Waals surface area contributed by atoms with E-state index in [1.165, 1.54) is 0 Å². The fourth-order valence-electron chi connectivity index (χ4n) is 2.62. The molecular formula is C22H20ClN3O2. The molecule has 0 bridgehead atoms. The molecule has 0 aliphatic carbocycles. The predicted molar refractivity (Wildman–Crippen MR) is 114 cm³/mol. The zero-order valence-corrected chi connectivity index (χ0v) is 15.9. The highest BCUT2D eigenvalue weighted by atomic mass is 35.5. The second-order valence-corrected chi connectivity index (χ2v) is 6.64. The van der Waals surface area contributed by atoms with Crippen LogP contribution in [0.4, 0.5) is 21.9 Å². The predicted octanol–water partition coefficient (Wildman–Crippen LogP) is 5.56. The van der Waals surface area contributed by atoms with Crippen molar-refractivity contribution in [3.05, 3.63) is 89.4 Å². The summed E-state index contributed by atoms with van der Waals surface area (Å²) in [6, 6.07) is 23.3. The van der Waals surface area contributed by atoms with Crippen molar-refractivity contribution in [2.75, 3.05) is 16.0 Å². The quantitative estimate of drug-likeness (QED) is 0.513. The molecule has 0 aliphatic rings. The molecule has 0 unspecified atom stereocenters. The molecule has 3 aromatic carbocycles. The maximum Gasteiger partial charge on any atom is 0.323 e. The van der Waals surface area contributed by atoms with Gasteiger partial charge in [-0.25, -0.2) is 4.79 Å².